The molecule has 1 aromatic heterocycles. The summed E-state index contributed by atoms with van der Waals surface area (Å²) in [5.41, 5.74) is 0. The van der Waals surface area contributed by atoms with Crippen molar-refractivity contribution in [2.75, 3.05) is 25.0 Å². The topological polar surface area (TPSA) is 37.0 Å². The SMILES string of the molecule is FC1(F)CNCCC1CNc1ccccn1. The maximum atomic E-state index is 13.4. The van der Waals surface area contributed by atoms with Crippen LogP contribution in [-0.4, -0.2) is 30.5 Å². The van der Waals surface area contributed by atoms with Crippen LogP contribution in [0.4, 0.5) is 14.6 Å². The van der Waals surface area contributed by atoms with Gasteiger partial charge in [-0.05, 0) is 25.1 Å². The van der Waals surface area contributed by atoms with Gasteiger partial charge in [0.2, 0.25) is 0 Å². The standard InChI is InChI=1S/C11H15F2N3/c12-11(13)8-14-6-4-9(11)7-16-10-3-1-2-5-15-10/h1-3,5,9,14H,4,6-8H2,(H,15,16). The summed E-state index contributed by atoms with van der Waals surface area (Å²) in [5, 5.41) is 5.66. The van der Waals surface area contributed by atoms with Crippen molar-refractivity contribution in [2.24, 2.45) is 5.92 Å². The zero-order valence-electron chi connectivity index (χ0n) is 8.92. The van der Waals surface area contributed by atoms with E-state index in [1.807, 2.05) is 6.07 Å². The highest BCUT2D eigenvalue weighted by Gasteiger charge is 2.41. The van der Waals surface area contributed by atoms with Crippen molar-refractivity contribution in [3.05, 3.63) is 24.4 Å². The van der Waals surface area contributed by atoms with Gasteiger partial charge in [-0.15, -0.1) is 0 Å². The second kappa shape index (κ2) is 4.74. The van der Waals surface area contributed by atoms with Crippen LogP contribution in [0.15, 0.2) is 24.4 Å². The van der Waals surface area contributed by atoms with Crippen LogP contribution in [-0.2, 0) is 0 Å². The Morgan fingerprint density at radius 3 is 3.06 bits per heavy atom. The molecule has 1 fully saturated rings. The number of rotatable bonds is 3. The summed E-state index contributed by atoms with van der Waals surface area (Å²) < 4.78 is 26.9. The van der Waals surface area contributed by atoms with E-state index in [2.05, 4.69) is 15.6 Å². The first-order valence-corrected chi connectivity index (χ1v) is 5.42. The van der Waals surface area contributed by atoms with Gasteiger partial charge in [0.15, 0.2) is 0 Å². The second-order valence-electron chi connectivity index (χ2n) is 4.02. The van der Waals surface area contributed by atoms with Crippen molar-refractivity contribution in [1.82, 2.24) is 10.3 Å². The Bertz CT molecular complexity index is 329. The molecule has 0 aromatic carbocycles. The number of nitrogens with one attached hydrogen (secondary N) is 2. The van der Waals surface area contributed by atoms with E-state index in [9.17, 15) is 8.78 Å². The molecule has 1 aromatic rings. The quantitative estimate of drug-likeness (QED) is 0.825. The van der Waals surface area contributed by atoms with Gasteiger partial charge in [-0.1, -0.05) is 6.07 Å². The van der Waals surface area contributed by atoms with Crippen LogP contribution in [0.1, 0.15) is 6.42 Å². The lowest BCUT2D eigenvalue weighted by Crippen LogP contribution is -2.48. The van der Waals surface area contributed by atoms with E-state index >= 15 is 0 Å². The molecule has 0 bridgehead atoms. The molecule has 2 heterocycles. The number of anilines is 1. The maximum absolute atomic E-state index is 13.4. The van der Waals surface area contributed by atoms with Gasteiger partial charge >= 0.3 is 0 Å². The van der Waals surface area contributed by atoms with Gasteiger partial charge in [-0.3, -0.25) is 0 Å². The third-order valence-corrected chi connectivity index (χ3v) is 2.82. The van der Waals surface area contributed by atoms with Gasteiger partial charge in [0, 0.05) is 18.7 Å². The Hall–Kier alpha value is -1.23. The molecule has 0 saturated carbocycles. The van der Waals surface area contributed by atoms with Gasteiger partial charge in [-0.2, -0.15) is 0 Å². The van der Waals surface area contributed by atoms with Crippen molar-refractivity contribution in [3.8, 4) is 0 Å². The molecule has 0 radical (unpaired) electrons. The van der Waals surface area contributed by atoms with E-state index in [1.54, 1.807) is 18.3 Å². The normalized spacial score (nSPS) is 24.0. The highest BCUT2D eigenvalue weighted by molar-refractivity contribution is 5.33. The van der Waals surface area contributed by atoms with Crippen LogP contribution in [0, 0.1) is 5.92 Å². The van der Waals surface area contributed by atoms with E-state index in [-0.39, 0.29) is 13.1 Å². The van der Waals surface area contributed by atoms with Crippen LogP contribution < -0.4 is 10.6 Å². The number of halogens is 2. The fraction of sp³-hybridized carbons (Fsp3) is 0.545. The van der Waals surface area contributed by atoms with Crippen molar-refractivity contribution >= 4 is 5.82 Å². The summed E-state index contributed by atoms with van der Waals surface area (Å²) in [5.74, 6) is -2.59. The van der Waals surface area contributed by atoms with E-state index in [0.29, 0.717) is 18.8 Å². The maximum Gasteiger partial charge on any atom is 0.264 e. The number of alkyl halides is 2. The Morgan fingerprint density at radius 1 is 1.50 bits per heavy atom. The molecule has 2 N–H and O–H groups in total. The minimum atomic E-state index is -2.62. The summed E-state index contributed by atoms with van der Waals surface area (Å²) >= 11 is 0. The predicted octanol–water partition coefficient (Wildman–Crippen LogP) is 1.74. The first-order valence-electron chi connectivity index (χ1n) is 5.42. The molecule has 1 aliphatic rings. The Morgan fingerprint density at radius 2 is 2.38 bits per heavy atom. The lowest BCUT2D eigenvalue weighted by atomic mass is 9.94. The Kier molecular flexibility index (Phi) is 3.33. The lowest BCUT2D eigenvalue weighted by molar-refractivity contribution is -0.0678. The molecule has 2 rings (SSSR count). The highest BCUT2D eigenvalue weighted by Crippen LogP contribution is 2.29. The van der Waals surface area contributed by atoms with Gasteiger partial charge in [-0.25, -0.2) is 13.8 Å². The molecule has 0 amide bonds. The molecule has 1 atom stereocenters. The average Bonchev–Trinajstić information content (AvgIpc) is 2.28. The Labute approximate surface area is 93.3 Å². The molecule has 3 nitrogen and oxygen atoms in total. The fourth-order valence-corrected chi connectivity index (χ4v) is 1.83. The first kappa shape index (κ1) is 11.3. The molecule has 5 heteroatoms. The minimum absolute atomic E-state index is 0.221. The van der Waals surface area contributed by atoms with Crippen LogP contribution in [0.5, 0.6) is 0 Å². The van der Waals surface area contributed by atoms with Crippen molar-refractivity contribution < 1.29 is 8.78 Å². The van der Waals surface area contributed by atoms with Gasteiger partial charge in [0.05, 0.1) is 6.54 Å². The van der Waals surface area contributed by atoms with Crippen LogP contribution >= 0.6 is 0 Å². The number of piperidine rings is 1. The summed E-state index contributed by atoms with van der Waals surface area (Å²) in [6.07, 6.45) is 2.13. The van der Waals surface area contributed by atoms with Gasteiger partial charge in [0.25, 0.3) is 5.92 Å². The van der Waals surface area contributed by atoms with Crippen LogP contribution in [0.3, 0.4) is 0 Å². The van der Waals surface area contributed by atoms with Crippen molar-refractivity contribution in [3.63, 3.8) is 0 Å². The van der Waals surface area contributed by atoms with Gasteiger partial charge < -0.3 is 10.6 Å². The summed E-state index contributed by atoms with van der Waals surface area (Å²) in [7, 11) is 0. The van der Waals surface area contributed by atoms with Crippen LogP contribution in [0.2, 0.25) is 0 Å². The fourth-order valence-electron chi connectivity index (χ4n) is 1.83. The third kappa shape index (κ3) is 2.66. The summed E-state index contributed by atoms with van der Waals surface area (Å²) in [6, 6.07) is 5.40. The molecule has 88 valence electrons. The number of pyridine rings is 1. The lowest BCUT2D eigenvalue weighted by Gasteiger charge is -2.32. The minimum Gasteiger partial charge on any atom is -0.370 e. The number of hydrogen-bond donors (Lipinski definition) is 2. The molecule has 1 unspecified atom stereocenters. The average molecular weight is 227 g/mol. The number of hydrogen-bond acceptors (Lipinski definition) is 3. The zero-order valence-corrected chi connectivity index (χ0v) is 8.92. The third-order valence-electron chi connectivity index (χ3n) is 2.82. The smallest absolute Gasteiger partial charge is 0.264 e. The van der Waals surface area contributed by atoms with E-state index in [1.165, 1.54) is 0 Å². The van der Waals surface area contributed by atoms with E-state index in [0.717, 1.165) is 0 Å². The number of nitrogens with zero attached hydrogens (tertiary/aromatic N) is 1. The molecule has 16 heavy (non-hydrogen) atoms. The molecule has 1 saturated heterocycles. The largest absolute Gasteiger partial charge is 0.370 e. The summed E-state index contributed by atoms with van der Waals surface area (Å²) in [6.45, 7) is 0.706. The van der Waals surface area contributed by atoms with E-state index in [4.69, 9.17) is 0 Å². The molecular formula is C11H15F2N3. The highest BCUT2D eigenvalue weighted by atomic mass is 19.3. The molecule has 1 aliphatic heterocycles. The zero-order chi connectivity index (χ0) is 11.4. The monoisotopic (exact) mass is 227 g/mol. The molecular weight excluding hydrogens is 212 g/mol. The molecule has 0 aliphatic carbocycles. The summed E-state index contributed by atoms with van der Waals surface area (Å²) in [4.78, 5) is 4.04. The Balaban J connectivity index is 1.90. The second-order valence-corrected chi connectivity index (χ2v) is 4.02. The number of aromatic nitrogens is 1. The predicted molar refractivity (Wildman–Crippen MR) is 58.7 cm³/mol. The van der Waals surface area contributed by atoms with E-state index < -0.39 is 11.8 Å². The van der Waals surface area contributed by atoms with Crippen molar-refractivity contribution in [2.45, 2.75) is 12.3 Å². The van der Waals surface area contributed by atoms with Crippen molar-refractivity contribution in [1.29, 1.82) is 0 Å². The first-order chi connectivity index (χ1) is 7.68. The van der Waals surface area contributed by atoms with Gasteiger partial charge in [0.1, 0.15) is 5.82 Å². The van der Waals surface area contributed by atoms with Crippen LogP contribution in [0.25, 0.3) is 0 Å². The molecule has 0 spiro atoms.